The van der Waals surface area contributed by atoms with Crippen LogP contribution < -0.4 is 27.4 Å². The molecular weight excluding hydrogens is 1310 g/mol. The molecule has 204 valence electrons. The Hall–Kier alpha value is 2.65. The summed E-state index contributed by atoms with van der Waals surface area (Å²) in [6, 6.07) is 0. The molecule has 5 rings (SSSR count). The fourth-order valence-corrected chi connectivity index (χ4v) is 13.4. The number of fused-ring (bicyclic) bond motifs is 2. The van der Waals surface area contributed by atoms with E-state index >= 15 is 0 Å². The number of methoxy groups -OCH3 is 1. The third kappa shape index (κ3) is 4.82. The summed E-state index contributed by atoms with van der Waals surface area (Å²) in [5.74, 6) is 1.64. The average Bonchev–Trinajstić information content (AvgIpc) is 3.42. The topological polar surface area (TPSA) is 55.4 Å². The molecule has 0 saturated carbocycles. The maximum atomic E-state index is 6.67. The predicted molar refractivity (Wildman–Crippen MR) is 188 cm³/mol. The van der Waals surface area contributed by atoms with E-state index in [-0.39, 0.29) is 28.7 Å². The maximum absolute atomic E-state index is 6.67. The van der Waals surface area contributed by atoms with Gasteiger partial charge in [0.25, 0.3) is 0 Å². The molecule has 2 aliphatic heterocycles. The monoisotopic (exact) mass is 1300 g/mol. The summed E-state index contributed by atoms with van der Waals surface area (Å²) in [5.41, 5.74) is 0. The fraction of sp³-hybridized carbons (Fsp3) is 0.0526. The standard InChI is InChI=1S/C19H3Br12O6P/c1-32-14-8(26)2(20)3(21)9(27)15(14)33-38(34-16-10(28)4(22)5(23)11(29)17(16)35-38)36-18-12(30)6(24)7(25)13(31)19(18)37-38/h1H3. The first kappa shape index (κ1) is 32.1. The fourth-order valence-electron chi connectivity index (χ4n) is 3.30. The van der Waals surface area contributed by atoms with Crippen molar-refractivity contribution in [3.05, 3.63) is 53.7 Å². The SMILES string of the molecule is COc1c(Br)c(Br)c(Br)c(Br)c1OP12(Oc3c(Br)c(Br)c(Br)c(Br)c3O1)Oc1c(Br)c(Br)c(Br)c(Br)c1O2. The van der Waals surface area contributed by atoms with Crippen molar-refractivity contribution in [2.24, 2.45) is 0 Å². The molecule has 0 radical (unpaired) electrons. The van der Waals surface area contributed by atoms with Gasteiger partial charge in [0.05, 0.1) is 0 Å². The van der Waals surface area contributed by atoms with E-state index < -0.39 is 7.74 Å². The summed E-state index contributed by atoms with van der Waals surface area (Å²) in [5, 5.41) is 0. The predicted octanol–water partition coefficient (Wildman–Crippen LogP) is 14.3. The Balaban J connectivity index is 1.82. The van der Waals surface area contributed by atoms with Crippen LogP contribution in [0.15, 0.2) is 53.7 Å². The van der Waals surface area contributed by atoms with Gasteiger partial charge >= 0.3 is 322 Å². The van der Waals surface area contributed by atoms with Gasteiger partial charge in [-0.3, -0.25) is 0 Å². The van der Waals surface area contributed by atoms with Crippen LogP contribution in [0.25, 0.3) is 0 Å². The average molecular weight is 1320 g/mol. The molecule has 19 heteroatoms. The molecule has 0 bridgehead atoms. The van der Waals surface area contributed by atoms with Crippen LogP contribution in [0.2, 0.25) is 0 Å². The molecule has 2 aliphatic rings. The van der Waals surface area contributed by atoms with E-state index in [0.717, 1.165) is 0 Å². The molecule has 0 saturated heterocycles. The van der Waals surface area contributed by atoms with Crippen molar-refractivity contribution in [3.8, 4) is 34.5 Å². The summed E-state index contributed by atoms with van der Waals surface area (Å²) >= 11 is 42.8. The van der Waals surface area contributed by atoms with Crippen molar-refractivity contribution in [1.82, 2.24) is 0 Å². The van der Waals surface area contributed by atoms with E-state index in [1.807, 2.05) is 0 Å². The number of hydrogen-bond acceptors (Lipinski definition) is 6. The van der Waals surface area contributed by atoms with E-state index in [9.17, 15) is 0 Å². The Bertz CT molecular complexity index is 1440. The van der Waals surface area contributed by atoms with Gasteiger partial charge in [0.15, 0.2) is 0 Å². The van der Waals surface area contributed by atoms with E-state index in [2.05, 4.69) is 191 Å². The van der Waals surface area contributed by atoms with Crippen molar-refractivity contribution in [2.75, 3.05) is 7.11 Å². The van der Waals surface area contributed by atoms with Gasteiger partial charge in [-0.25, -0.2) is 0 Å². The van der Waals surface area contributed by atoms with Crippen molar-refractivity contribution in [2.45, 2.75) is 0 Å². The molecule has 2 heterocycles. The van der Waals surface area contributed by atoms with Crippen LogP contribution in [-0.4, -0.2) is 7.11 Å². The van der Waals surface area contributed by atoms with Crippen molar-refractivity contribution < 1.29 is 27.4 Å². The molecule has 0 N–H and O–H groups in total. The number of rotatable bonds is 3. The normalized spacial score (nSPS) is 16.9. The summed E-state index contributed by atoms with van der Waals surface area (Å²) in [4.78, 5) is 0. The molecule has 0 aromatic heterocycles. The van der Waals surface area contributed by atoms with E-state index in [4.69, 9.17) is 27.4 Å². The van der Waals surface area contributed by atoms with E-state index in [1.165, 1.54) is 7.11 Å². The van der Waals surface area contributed by atoms with Crippen LogP contribution in [0, 0.1) is 0 Å². The minimum absolute atomic E-state index is 0.184. The zero-order valence-electron chi connectivity index (χ0n) is 17.4. The molecule has 6 nitrogen and oxygen atoms in total. The molecule has 0 fully saturated rings. The second-order valence-electron chi connectivity index (χ2n) is 7.15. The number of hydrogen-bond donors (Lipinski definition) is 0. The van der Waals surface area contributed by atoms with Gasteiger partial charge < -0.3 is 0 Å². The molecule has 3 aromatic carbocycles. The number of halogens is 12. The Morgan fingerprint density at radius 2 is 0.658 bits per heavy atom. The minimum atomic E-state index is -5.12. The molecule has 0 atom stereocenters. The number of benzene rings is 3. The first-order valence-electron chi connectivity index (χ1n) is 9.31. The first-order chi connectivity index (χ1) is 17.7. The molecule has 3 aromatic rings. The zero-order chi connectivity index (χ0) is 28.1. The summed E-state index contributed by atoms with van der Waals surface area (Å²) in [6.45, 7) is 0. The van der Waals surface area contributed by atoms with Gasteiger partial charge in [-0.1, -0.05) is 0 Å². The Morgan fingerprint density at radius 1 is 0.395 bits per heavy atom. The van der Waals surface area contributed by atoms with Crippen LogP contribution in [0.1, 0.15) is 0 Å². The zero-order valence-corrected chi connectivity index (χ0v) is 37.4. The van der Waals surface area contributed by atoms with Gasteiger partial charge in [-0.05, 0) is 0 Å². The molecular formula is C19H3Br12O6P. The molecule has 0 unspecified atom stereocenters. The van der Waals surface area contributed by atoms with Gasteiger partial charge in [0.2, 0.25) is 0 Å². The summed E-state index contributed by atoms with van der Waals surface area (Å²) in [7, 11) is -3.61. The van der Waals surface area contributed by atoms with Gasteiger partial charge in [0.1, 0.15) is 0 Å². The Kier molecular flexibility index (Phi) is 9.47. The summed E-state index contributed by atoms with van der Waals surface area (Å²) < 4.78 is 45.8. The van der Waals surface area contributed by atoms with E-state index in [1.54, 1.807) is 0 Å². The molecule has 0 amide bonds. The van der Waals surface area contributed by atoms with Gasteiger partial charge in [0, 0.05) is 0 Å². The Labute approximate surface area is 316 Å². The van der Waals surface area contributed by atoms with Crippen molar-refractivity contribution in [3.63, 3.8) is 0 Å². The molecule has 38 heavy (non-hydrogen) atoms. The summed E-state index contributed by atoms with van der Waals surface area (Å²) in [6.07, 6.45) is 0. The molecule has 1 spiro atoms. The molecule has 0 aliphatic carbocycles. The number of ether oxygens (including phenoxy) is 1. The van der Waals surface area contributed by atoms with Crippen LogP contribution in [-0.2, 0) is 0 Å². The first-order valence-corrected chi connectivity index (χ1v) is 20.7. The van der Waals surface area contributed by atoms with Crippen LogP contribution in [0.3, 0.4) is 0 Å². The van der Waals surface area contributed by atoms with Crippen molar-refractivity contribution in [1.29, 1.82) is 0 Å². The second-order valence-corrected chi connectivity index (χ2v) is 19.1. The van der Waals surface area contributed by atoms with Crippen molar-refractivity contribution >= 4 is 199 Å². The van der Waals surface area contributed by atoms with Gasteiger partial charge in [-0.2, -0.15) is 0 Å². The quantitative estimate of drug-likeness (QED) is 0.148. The Morgan fingerprint density at radius 3 is 0.947 bits per heavy atom. The third-order valence-corrected chi connectivity index (χ3v) is 21.4. The third-order valence-electron chi connectivity index (χ3n) is 4.96. The van der Waals surface area contributed by atoms with Gasteiger partial charge in [-0.15, -0.1) is 0 Å². The van der Waals surface area contributed by atoms with Crippen LogP contribution in [0.5, 0.6) is 34.5 Å². The second kappa shape index (κ2) is 11.2. The van der Waals surface area contributed by atoms with E-state index in [0.29, 0.717) is 59.4 Å². The van der Waals surface area contributed by atoms with Crippen LogP contribution in [0.4, 0.5) is 0 Å². The van der Waals surface area contributed by atoms with Crippen LogP contribution >= 0.6 is 199 Å².